The highest BCUT2D eigenvalue weighted by atomic mass is 19.1. The third-order valence-corrected chi connectivity index (χ3v) is 1.72. The van der Waals surface area contributed by atoms with Crippen LogP contribution < -0.4 is 10.2 Å². The summed E-state index contributed by atoms with van der Waals surface area (Å²) in [5.41, 5.74) is -0.231. The van der Waals surface area contributed by atoms with Crippen molar-refractivity contribution in [2.24, 2.45) is 0 Å². The number of ether oxygens (including phenoxy) is 1. The predicted molar refractivity (Wildman–Crippen MR) is 48.2 cm³/mol. The van der Waals surface area contributed by atoms with Crippen molar-refractivity contribution in [2.45, 2.75) is 0 Å². The predicted octanol–water partition coefficient (Wildman–Crippen LogP) is -0.673. The average Bonchev–Trinajstić information content (AvgIpc) is 2.16. The summed E-state index contributed by atoms with van der Waals surface area (Å²) in [4.78, 5) is 10.5. The summed E-state index contributed by atoms with van der Waals surface area (Å²) in [6.07, 6.45) is 0.383. The van der Waals surface area contributed by atoms with Gasteiger partial charge < -0.3 is 14.8 Å². The van der Waals surface area contributed by atoms with Gasteiger partial charge in [-0.05, 0) is 12.1 Å². The second-order valence-corrected chi connectivity index (χ2v) is 2.61. The van der Waals surface area contributed by atoms with Crippen LogP contribution >= 0.6 is 0 Å². The molecule has 74 valence electrons. The van der Waals surface area contributed by atoms with Gasteiger partial charge in [0.25, 0.3) is 0 Å². The summed E-state index contributed by atoms with van der Waals surface area (Å²) in [6.45, 7) is 0. The second-order valence-electron chi connectivity index (χ2n) is 2.61. The molecule has 1 aromatic carbocycles. The molecule has 1 aromatic rings. The first-order valence-corrected chi connectivity index (χ1v) is 3.79. The van der Waals surface area contributed by atoms with Crippen LogP contribution in [0.1, 0.15) is 10.4 Å². The van der Waals surface area contributed by atoms with E-state index < -0.39 is 12.9 Å². The molecule has 0 aliphatic carbocycles. The zero-order valence-electron chi connectivity index (χ0n) is 7.40. The molecule has 0 atom stereocenters. The highest BCUT2D eigenvalue weighted by Crippen LogP contribution is 2.15. The van der Waals surface area contributed by atoms with Gasteiger partial charge in [0, 0.05) is 5.46 Å². The fourth-order valence-corrected chi connectivity index (χ4v) is 1.15. The smallest absolute Gasteiger partial charge is 0.492 e. The zero-order chi connectivity index (χ0) is 10.7. The molecule has 6 heteroatoms. The van der Waals surface area contributed by atoms with Gasteiger partial charge in [0.15, 0.2) is 6.29 Å². The molecule has 0 aliphatic heterocycles. The number of hydrogen-bond acceptors (Lipinski definition) is 4. The Labute approximate surface area is 80.1 Å². The van der Waals surface area contributed by atoms with E-state index in [1.165, 1.54) is 7.11 Å². The number of halogens is 1. The summed E-state index contributed by atoms with van der Waals surface area (Å²) in [7, 11) is -0.620. The maximum Gasteiger partial charge on any atom is 0.492 e. The Morgan fingerprint density at radius 2 is 2.14 bits per heavy atom. The number of benzene rings is 1. The van der Waals surface area contributed by atoms with Gasteiger partial charge in [-0.2, -0.15) is 0 Å². The van der Waals surface area contributed by atoms with Crippen LogP contribution in [0.2, 0.25) is 0 Å². The molecule has 0 unspecified atom stereocenters. The Balaban J connectivity index is 3.39. The minimum atomic E-state index is -1.88. The Kier molecular flexibility index (Phi) is 3.21. The highest BCUT2D eigenvalue weighted by Gasteiger charge is 2.20. The standard InChI is InChI=1S/C8H8BFO4/c1-14-8-5(4-11)2-6(10)3-7(8)9(12)13/h2-4,12-13H,1H3. The maximum absolute atomic E-state index is 12.9. The van der Waals surface area contributed by atoms with E-state index in [1.54, 1.807) is 0 Å². The fourth-order valence-electron chi connectivity index (χ4n) is 1.15. The van der Waals surface area contributed by atoms with E-state index in [-0.39, 0.29) is 16.8 Å². The second kappa shape index (κ2) is 4.21. The maximum atomic E-state index is 12.9. The monoisotopic (exact) mass is 198 g/mol. The molecule has 0 aliphatic rings. The van der Waals surface area contributed by atoms with Gasteiger partial charge in [0.05, 0.1) is 12.7 Å². The summed E-state index contributed by atoms with van der Waals surface area (Å²) < 4.78 is 17.6. The third kappa shape index (κ3) is 1.91. The third-order valence-electron chi connectivity index (χ3n) is 1.72. The lowest BCUT2D eigenvalue weighted by Gasteiger charge is -2.09. The number of carbonyl (C=O) groups excluding carboxylic acids is 1. The number of methoxy groups -OCH3 is 1. The number of rotatable bonds is 3. The van der Waals surface area contributed by atoms with Crippen molar-refractivity contribution >= 4 is 18.9 Å². The normalized spacial score (nSPS) is 9.71. The van der Waals surface area contributed by atoms with E-state index in [4.69, 9.17) is 14.8 Å². The van der Waals surface area contributed by atoms with E-state index in [2.05, 4.69) is 0 Å². The van der Waals surface area contributed by atoms with Crippen LogP contribution in [0.3, 0.4) is 0 Å². The van der Waals surface area contributed by atoms with Gasteiger partial charge >= 0.3 is 7.12 Å². The van der Waals surface area contributed by atoms with E-state index in [0.717, 1.165) is 12.1 Å². The summed E-state index contributed by atoms with van der Waals surface area (Å²) in [5, 5.41) is 17.7. The molecule has 0 fully saturated rings. The van der Waals surface area contributed by atoms with Crippen LogP contribution in [0.25, 0.3) is 0 Å². The van der Waals surface area contributed by atoms with Gasteiger partial charge in [0.2, 0.25) is 0 Å². The quantitative estimate of drug-likeness (QED) is 0.499. The van der Waals surface area contributed by atoms with E-state index in [0.29, 0.717) is 6.29 Å². The Bertz CT molecular complexity index is 353. The molecule has 0 aromatic heterocycles. The SMILES string of the molecule is COc1c(C=O)cc(F)cc1B(O)O. The van der Waals surface area contributed by atoms with Crippen molar-refractivity contribution in [1.82, 2.24) is 0 Å². The van der Waals surface area contributed by atoms with Crippen molar-refractivity contribution in [3.05, 3.63) is 23.5 Å². The molecule has 0 saturated carbocycles. The first-order chi connectivity index (χ1) is 6.60. The lowest BCUT2D eigenvalue weighted by atomic mass is 9.78. The van der Waals surface area contributed by atoms with Crippen LogP contribution in [0.15, 0.2) is 12.1 Å². The van der Waals surface area contributed by atoms with Crippen LogP contribution in [0, 0.1) is 5.82 Å². The van der Waals surface area contributed by atoms with Crippen LogP contribution in [0.5, 0.6) is 5.75 Å². The first-order valence-electron chi connectivity index (χ1n) is 3.79. The number of carbonyl (C=O) groups is 1. The molecule has 0 radical (unpaired) electrons. The van der Waals surface area contributed by atoms with Crippen molar-refractivity contribution in [3.8, 4) is 5.75 Å². The highest BCUT2D eigenvalue weighted by molar-refractivity contribution is 6.60. The fraction of sp³-hybridized carbons (Fsp3) is 0.125. The minimum absolute atomic E-state index is 0.0311. The van der Waals surface area contributed by atoms with E-state index in [1.807, 2.05) is 0 Å². The number of aldehydes is 1. The Morgan fingerprint density at radius 1 is 1.50 bits per heavy atom. The molecule has 2 N–H and O–H groups in total. The number of hydrogen-bond donors (Lipinski definition) is 2. The molecule has 0 spiro atoms. The van der Waals surface area contributed by atoms with Crippen molar-refractivity contribution < 1.29 is 24.0 Å². The minimum Gasteiger partial charge on any atom is -0.496 e. The van der Waals surface area contributed by atoms with Crippen molar-refractivity contribution in [3.63, 3.8) is 0 Å². The van der Waals surface area contributed by atoms with Gasteiger partial charge in [-0.25, -0.2) is 4.39 Å². The van der Waals surface area contributed by atoms with Crippen LogP contribution in [-0.4, -0.2) is 30.6 Å². The molecule has 14 heavy (non-hydrogen) atoms. The molecule has 1 rings (SSSR count). The molecular weight excluding hydrogens is 190 g/mol. The van der Waals surface area contributed by atoms with Crippen molar-refractivity contribution in [2.75, 3.05) is 7.11 Å². The van der Waals surface area contributed by atoms with Crippen molar-refractivity contribution in [1.29, 1.82) is 0 Å². The molecule has 0 amide bonds. The van der Waals surface area contributed by atoms with Gasteiger partial charge in [-0.15, -0.1) is 0 Å². The van der Waals surface area contributed by atoms with E-state index >= 15 is 0 Å². The largest absolute Gasteiger partial charge is 0.496 e. The summed E-state index contributed by atoms with van der Waals surface area (Å²) in [5.74, 6) is -0.757. The average molecular weight is 198 g/mol. The van der Waals surface area contributed by atoms with Gasteiger partial charge in [-0.3, -0.25) is 4.79 Å². The molecule has 0 bridgehead atoms. The summed E-state index contributed by atoms with van der Waals surface area (Å²) in [6, 6.07) is 1.86. The molecular formula is C8H8BFO4. The molecule has 0 saturated heterocycles. The lowest BCUT2D eigenvalue weighted by Crippen LogP contribution is -2.32. The van der Waals surface area contributed by atoms with Gasteiger partial charge in [0.1, 0.15) is 11.6 Å². The van der Waals surface area contributed by atoms with E-state index in [9.17, 15) is 9.18 Å². The summed E-state index contributed by atoms with van der Waals surface area (Å²) >= 11 is 0. The molecule has 0 heterocycles. The van der Waals surface area contributed by atoms with Gasteiger partial charge in [-0.1, -0.05) is 0 Å². The van der Waals surface area contributed by atoms with Crippen LogP contribution in [-0.2, 0) is 0 Å². The molecule has 4 nitrogen and oxygen atoms in total. The van der Waals surface area contributed by atoms with Crippen LogP contribution in [0.4, 0.5) is 4.39 Å². The lowest BCUT2D eigenvalue weighted by molar-refractivity contribution is 0.112. The first kappa shape index (κ1) is 10.7. The zero-order valence-corrected chi connectivity index (χ0v) is 7.40. The topological polar surface area (TPSA) is 66.8 Å². The Hall–Kier alpha value is -1.40. The Morgan fingerprint density at radius 3 is 2.57 bits per heavy atom.